The zero-order valence-electron chi connectivity index (χ0n) is 12.5. The lowest BCUT2D eigenvalue weighted by atomic mass is 10.0. The standard InChI is InChI=1S/C17H27NO2/c1-2-3-4-5-6-7-8-9-15-10-12-16(13-11-15)17(14-19)18-20/h10-14,17-18,20H,2-9H2,1H3. The summed E-state index contributed by atoms with van der Waals surface area (Å²) in [4.78, 5) is 10.7. The third-order valence-electron chi connectivity index (χ3n) is 3.68. The molecule has 1 aromatic rings. The Morgan fingerprint density at radius 3 is 2.20 bits per heavy atom. The molecule has 0 aliphatic carbocycles. The van der Waals surface area contributed by atoms with Crippen LogP contribution in [0.3, 0.4) is 0 Å². The molecule has 2 N–H and O–H groups in total. The quantitative estimate of drug-likeness (QED) is 0.362. The molecule has 1 atom stereocenters. The molecular weight excluding hydrogens is 250 g/mol. The number of aryl methyl sites for hydroxylation is 1. The molecule has 0 radical (unpaired) electrons. The third kappa shape index (κ3) is 6.31. The molecule has 0 bridgehead atoms. The molecule has 0 aromatic heterocycles. The summed E-state index contributed by atoms with van der Waals surface area (Å²) in [6, 6.07) is 7.26. The maximum Gasteiger partial charge on any atom is 0.143 e. The Labute approximate surface area is 122 Å². The van der Waals surface area contributed by atoms with Gasteiger partial charge in [0.25, 0.3) is 0 Å². The van der Waals surface area contributed by atoms with Crippen molar-refractivity contribution in [2.24, 2.45) is 0 Å². The van der Waals surface area contributed by atoms with Gasteiger partial charge in [-0.05, 0) is 24.0 Å². The Morgan fingerprint density at radius 1 is 1.05 bits per heavy atom. The molecule has 1 unspecified atom stereocenters. The van der Waals surface area contributed by atoms with Crippen LogP contribution in [-0.4, -0.2) is 11.5 Å². The molecule has 20 heavy (non-hydrogen) atoms. The first kappa shape index (κ1) is 16.9. The van der Waals surface area contributed by atoms with E-state index in [1.807, 2.05) is 29.7 Å². The number of hydroxylamine groups is 1. The lowest BCUT2D eigenvalue weighted by molar-refractivity contribution is -0.111. The van der Waals surface area contributed by atoms with Crippen LogP contribution in [0.2, 0.25) is 0 Å². The van der Waals surface area contributed by atoms with Crippen LogP contribution in [0.25, 0.3) is 0 Å². The maximum absolute atomic E-state index is 10.7. The number of rotatable bonds is 11. The van der Waals surface area contributed by atoms with Crippen molar-refractivity contribution in [2.75, 3.05) is 0 Å². The smallest absolute Gasteiger partial charge is 0.143 e. The summed E-state index contributed by atoms with van der Waals surface area (Å²) in [5.74, 6) is 0. The number of aldehydes is 1. The molecule has 1 rings (SSSR count). The number of nitrogens with one attached hydrogen (secondary N) is 1. The van der Waals surface area contributed by atoms with Crippen molar-refractivity contribution in [1.29, 1.82) is 0 Å². The van der Waals surface area contributed by atoms with Gasteiger partial charge in [0, 0.05) is 0 Å². The van der Waals surface area contributed by atoms with Crippen molar-refractivity contribution in [1.82, 2.24) is 5.48 Å². The molecule has 0 fully saturated rings. The minimum Gasteiger partial charge on any atom is -0.316 e. The van der Waals surface area contributed by atoms with E-state index in [1.165, 1.54) is 50.5 Å². The average Bonchev–Trinajstić information content (AvgIpc) is 2.49. The number of hydrogen-bond acceptors (Lipinski definition) is 3. The maximum atomic E-state index is 10.7. The zero-order valence-corrected chi connectivity index (χ0v) is 12.5. The van der Waals surface area contributed by atoms with E-state index in [-0.39, 0.29) is 0 Å². The van der Waals surface area contributed by atoms with Gasteiger partial charge in [0.05, 0.1) is 0 Å². The van der Waals surface area contributed by atoms with Crippen LogP contribution in [0.15, 0.2) is 24.3 Å². The Bertz CT molecular complexity index is 362. The van der Waals surface area contributed by atoms with Crippen molar-refractivity contribution in [3.8, 4) is 0 Å². The molecule has 0 saturated carbocycles. The van der Waals surface area contributed by atoms with Crippen LogP contribution in [0.1, 0.15) is 69.0 Å². The van der Waals surface area contributed by atoms with Crippen LogP contribution in [0.5, 0.6) is 0 Å². The summed E-state index contributed by atoms with van der Waals surface area (Å²) in [5, 5.41) is 8.83. The molecule has 0 heterocycles. The van der Waals surface area contributed by atoms with E-state index < -0.39 is 6.04 Å². The minimum atomic E-state index is -0.623. The van der Waals surface area contributed by atoms with Crippen molar-refractivity contribution in [2.45, 2.75) is 64.3 Å². The third-order valence-corrected chi connectivity index (χ3v) is 3.68. The number of carbonyl (C=O) groups is 1. The van der Waals surface area contributed by atoms with Crippen molar-refractivity contribution in [3.63, 3.8) is 0 Å². The van der Waals surface area contributed by atoms with E-state index in [1.54, 1.807) is 0 Å². The van der Waals surface area contributed by atoms with Gasteiger partial charge in [-0.3, -0.25) is 0 Å². The highest BCUT2D eigenvalue weighted by atomic mass is 16.5. The fraction of sp³-hybridized carbons (Fsp3) is 0.588. The second-order valence-corrected chi connectivity index (χ2v) is 5.36. The molecule has 3 nitrogen and oxygen atoms in total. The summed E-state index contributed by atoms with van der Waals surface area (Å²) < 4.78 is 0. The van der Waals surface area contributed by atoms with Crippen molar-refractivity contribution in [3.05, 3.63) is 35.4 Å². The summed E-state index contributed by atoms with van der Waals surface area (Å²) in [6.45, 7) is 2.24. The minimum absolute atomic E-state index is 0.623. The van der Waals surface area contributed by atoms with Gasteiger partial charge < -0.3 is 10.0 Å². The molecule has 0 saturated heterocycles. The first-order valence-electron chi connectivity index (χ1n) is 7.75. The van der Waals surface area contributed by atoms with E-state index in [2.05, 4.69) is 6.92 Å². The van der Waals surface area contributed by atoms with Gasteiger partial charge >= 0.3 is 0 Å². The topological polar surface area (TPSA) is 49.3 Å². The lowest BCUT2D eigenvalue weighted by Gasteiger charge is -2.09. The normalized spacial score (nSPS) is 12.3. The van der Waals surface area contributed by atoms with Crippen molar-refractivity contribution >= 4 is 6.29 Å². The fourth-order valence-corrected chi connectivity index (χ4v) is 2.36. The molecular formula is C17H27NO2. The van der Waals surface area contributed by atoms with Crippen LogP contribution in [0, 0.1) is 0 Å². The Kier molecular flexibility index (Phi) is 8.92. The fourth-order valence-electron chi connectivity index (χ4n) is 2.36. The van der Waals surface area contributed by atoms with E-state index >= 15 is 0 Å². The Morgan fingerprint density at radius 2 is 1.65 bits per heavy atom. The predicted octanol–water partition coefficient (Wildman–Crippen LogP) is 4.20. The largest absolute Gasteiger partial charge is 0.316 e. The second kappa shape index (κ2) is 10.6. The molecule has 112 valence electrons. The molecule has 0 spiro atoms. The number of unbranched alkanes of at least 4 members (excludes halogenated alkanes) is 6. The van der Waals surface area contributed by atoms with Gasteiger partial charge in [0.15, 0.2) is 0 Å². The van der Waals surface area contributed by atoms with Gasteiger partial charge in [0.1, 0.15) is 12.3 Å². The molecule has 0 aliphatic rings. The van der Waals surface area contributed by atoms with Crippen LogP contribution in [0.4, 0.5) is 0 Å². The van der Waals surface area contributed by atoms with Gasteiger partial charge in [-0.2, -0.15) is 5.48 Å². The van der Waals surface area contributed by atoms with E-state index in [9.17, 15) is 4.79 Å². The Hall–Kier alpha value is -1.19. The molecule has 0 amide bonds. The number of hydrogen-bond donors (Lipinski definition) is 2. The van der Waals surface area contributed by atoms with Crippen LogP contribution >= 0.6 is 0 Å². The number of benzene rings is 1. The first-order valence-corrected chi connectivity index (χ1v) is 7.75. The van der Waals surface area contributed by atoms with Crippen LogP contribution in [-0.2, 0) is 11.2 Å². The van der Waals surface area contributed by atoms with Gasteiger partial charge in [-0.15, -0.1) is 0 Å². The SMILES string of the molecule is CCCCCCCCCc1ccc(C(C=O)NO)cc1. The average molecular weight is 277 g/mol. The Balaban J connectivity index is 2.23. The second-order valence-electron chi connectivity index (χ2n) is 5.36. The zero-order chi connectivity index (χ0) is 14.6. The molecule has 1 aromatic carbocycles. The molecule has 0 aliphatic heterocycles. The van der Waals surface area contributed by atoms with E-state index in [0.29, 0.717) is 6.29 Å². The summed E-state index contributed by atoms with van der Waals surface area (Å²) in [6.07, 6.45) is 11.0. The highest BCUT2D eigenvalue weighted by molar-refractivity contribution is 5.61. The first-order chi connectivity index (χ1) is 9.81. The number of carbonyl (C=O) groups excluding carboxylic acids is 1. The highest BCUT2D eigenvalue weighted by Gasteiger charge is 2.07. The van der Waals surface area contributed by atoms with Gasteiger partial charge in [-0.1, -0.05) is 69.7 Å². The summed E-state index contributed by atoms with van der Waals surface area (Å²) in [7, 11) is 0. The van der Waals surface area contributed by atoms with E-state index in [4.69, 9.17) is 5.21 Å². The monoisotopic (exact) mass is 277 g/mol. The van der Waals surface area contributed by atoms with Gasteiger partial charge in [-0.25, -0.2) is 0 Å². The predicted molar refractivity (Wildman–Crippen MR) is 81.9 cm³/mol. The summed E-state index contributed by atoms with van der Waals surface area (Å²) in [5.41, 5.74) is 4.09. The lowest BCUT2D eigenvalue weighted by Crippen LogP contribution is -2.17. The van der Waals surface area contributed by atoms with Gasteiger partial charge in [0.2, 0.25) is 0 Å². The summed E-state index contributed by atoms with van der Waals surface area (Å²) >= 11 is 0. The van der Waals surface area contributed by atoms with Crippen LogP contribution < -0.4 is 5.48 Å². The highest BCUT2D eigenvalue weighted by Crippen LogP contribution is 2.14. The van der Waals surface area contributed by atoms with E-state index in [0.717, 1.165) is 12.0 Å². The molecule has 3 heteroatoms. The van der Waals surface area contributed by atoms with Crippen molar-refractivity contribution < 1.29 is 10.0 Å².